The molecule has 0 N–H and O–H groups in total. The predicted octanol–water partition coefficient (Wildman–Crippen LogP) is 5.68. The third-order valence-corrected chi connectivity index (χ3v) is 5.77. The van der Waals surface area contributed by atoms with Gasteiger partial charge in [0.15, 0.2) is 11.6 Å². The summed E-state index contributed by atoms with van der Waals surface area (Å²) in [5.41, 5.74) is 2.13. The molecule has 0 spiro atoms. The van der Waals surface area contributed by atoms with Crippen LogP contribution in [0, 0.1) is 29.4 Å². The van der Waals surface area contributed by atoms with Gasteiger partial charge in [-0.15, -0.1) is 0 Å². The van der Waals surface area contributed by atoms with Gasteiger partial charge in [-0.3, -0.25) is 0 Å². The number of methoxy groups -OCH3 is 1. The van der Waals surface area contributed by atoms with E-state index in [0.29, 0.717) is 17.9 Å². The van der Waals surface area contributed by atoms with E-state index in [2.05, 4.69) is 13.0 Å². The van der Waals surface area contributed by atoms with Crippen LogP contribution >= 0.6 is 0 Å². The lowest BCUT2D eigenvalue weighted by atomic mass is 9.85. The average molecular weight is 320 g/mol. The van der Waals surface area contributed by atoms with Gasteiger partial charge < -0.3 is 4.74 Å². The number of rotatable bonds is 6. The van der Waals surface area contributed by atoms with Crippen LogP contribution in [0.25, 0.3) is 0 Å². The van der Waals surface area contributed by atoms with Crippen molar-refractivity contribution in [3.8, 4) is 5.75 Å². The molecular formula is C20H26F2O. The van der Waals surface area contributed by atoms with E-state index >= 15 is 0 Å². The van der Waals surface area contributed by atoms with Crippen molar-refractivity contribution in [2.45, 2.75) is 51.9 Å². The third-order valence-electron chi connectivity index (χ3n) is 5.77. The molecule has 2 aliphatic carbocycles. The van der Waals surface area contributed by atoms with E-state index < -0.39 is 11.6 Å². The van der Waals surface area contributed by atoms with Crippen molar-refractivity contribution in [3.05, 3.63) is 41.0 Å². The number of ether oxygens (including phenoxy) is 1. The van der Waals surface area contributed by atoms with Crippen molar-refractivity contribution in [1.29, 1.82) is 0 Å². The van der Waals surface area contributed by atoms with E-state index in [1.807, 2.05) is 0 Å². The Bertz CT molecular complexity index is 594. The summed E-state index contributed by atoms with van der Waals surface area (Å²) in [7, 11) is 1.36. The van der Waals surface area contributed by atoms with Gasteiger partial charge in [-0.25, -0.2) is 4.39 Å². The summed E-state index contributed by atoms with van der Waals surface area (Å²) < 4.78 is 32.7. The van der Waals surface area contributed by atoms with Crippen molar-refractivity contribution >= 4 is 0 Å². The lowest BCUT2D eigenvalue weighted by Crippen LogP contribution is -2.13. The Morgan fingerprint density at radius 1 is 1.13 bits per heavy atom. The monoisotopic (exact) mass is 320 g/mol. The zero-order chi connectivity index (χ0) is 16.4. The van der Waals surface area contributed by atoms with Gasteiger partial charge in [0.1, 0.15) is 0 Å². The van der Waals surface area contributed by atoms with Crippen LogP contribution in [-0.2, 0) is 6.42 Å². The molecule has 3 rings (SSSR count). The van der Waals surface area contributed by atoms with E-state index in [1.54, 1.807) is 11.6 Å². The summed E-state index contributed by atoms with van der Waals surface area (Å²) in [6, 6.07) is 3.20. The first-order valence-electron chi connectivity index (χ1n) is 8.85. The molecule has 0 bridgehead atoms. The molecule has 3 atom stereocenters. The number of aryl methyl sites for hydroxylation is 1. The summed E-state index contributed by atoms with van der Waals surface area (Å²) in [5, 5.41) is 0. The van der Waals surface area contributed by atoms with Crippen molar-refractivity contribution in [2.24, 2.45) is 17.8 Å². The van der Waals surface area contributed by atoms with Crippen LogP contribution in [0.4, 0.5) is 8.78 Å². The molecule has 0 amide bonds. The zero-order valence-electron chi connectivity index (χ0n) is 14.1. The van der Waals surface area contributed by atoms with Gasteiger partial charge in [-0.05, 0) is 67.9 Å². The smallest absolute Gasteiger partial charge is 0.200 e. The van der Waals surface area contributed by atoms with Crippen molar-refractivity contribution in [3.63, 3.8) is 0 Å². The Morgan fingerprint density at radius 2 is 1.96 bits per heavy atom. The molecule has 0 saturated heterocycles. The first kappa shape index (κ1) is 16.5. The molecule has 0 radical (unpaired) electrons. The minimum atomic E-state index is -0.859. The highest BCUT2D eigenvalue weighted by molar-refractivity contribution is 5.31. The molecule has 0 heterocycles. The maximum absolute atomic E-state index is 14.1. The molecule has 1 saturated carbocycles. The number of fused-ring (bicyclic) bond motifs is 1. The fourth-order valence-electron chi connectivity index (χ4n) is 4.60. The number of hydrogen-bond donors (Lipinski definition) is 0. The topological polar surface area (TPSA) is 9.23 Å². The van der Waals surface area contributed by atoms with Gasteiger partial charge >= 0.3 is 0 Å². The molecular weight excluding hydrogens is 294 g/mol. The fraction of sp³-hybridized carbons (Fsp3) is 0.600. The molecule has 1 aromatic carbocycles. The Hall–Kier alpha value is -1.38. The molecule has 0 aromatic heterocycles. The van der Waals surface area contributed by atoms with E-state index in [1.165, 1.54) is 45.3 Å². The van der Waals surface area contributed by atoms with Crippen LogP contribution in [0.1, 0.15) is 51.0 Å². The SMILES string of the molecule is CCCC1=CCC2C(CCc3ccc(OC)c(F)c3F)CCC12. The van der Waals surface area contributed by atoms with Gasteiger partial charge in [0.25, 0.3) is 0 Å². The number of benzene rings is 1. The standard InChI is InChI=1S/C20H26F2O/c1-3-4-13-7-10-17-14(8-11-16(13)17)5-6-15-9-12-18(23-2)20(22)19(15)21/h7,9,12,14,16-17H,3-6,8,10-11H2,1-2H3. The summed E-state index contributed by atoms with van der Waals surface area (Å²) in [4.78, 5) is 0. The Labute approximate surface area is 137 Å². The number of halogens is 2. The molecule has 3 heteroatoms. The van der Waals surface area contributed by atoms with Crippen molar-refractivity contribution < 1.29 is 13.5 Å². The predicted molar refractivity (Wildman–Crippen MR) is 88.5 cm³/mol. The summed E-state index contributed by atoms with van der Waals surface area (Å²) in [5.74, 6) is 0.531. The van der Waals surface area contributed by atoms with Crippen LogP contribution in [0.15, 0.2) is 23.8 Å². The molecule has 23 heavy (non-hydrogen) atoms. The fourth-order valence-corrected chi connectivity index (χ4v) is 4.60. The largest absolute Gasteiger partial charge is 0.494 e. The van der Waals surface area contributed by atoms with Gasteiger partial charge in [-0.1, -0.05) is 31.1 Å². The lowest BCUT2D eigenvalue weighted by Gasteiger charge is -2.20. The quantitative estimate of drug-likeness (QED) is 0.613. The first-order valence-corrected chi connectivity index (χ1v) is 8.85. The lowest BCUT2D eigenvalue weighted by molar-refractivity contribution is 0.337. The Kier molecular flexibility index (Phi) is 5.03. The molecule has 1 fully saturated rings. The van der Waals surface area contributed by atoms with Crippen molar-refractivity contribution in [2.75, 3.05) is 7.11 Å². The zero-order valence-corrected chi connectivity index (χ0v) is 14.1. The van der Waals surface area contributed by atoms with Crippen LogP contribution in [0.5, 0.6) is 5.75 Å². The summed E-state index contributed by atoms with van der Waals surface area (Å²) in [6.45, 7) is 2.24. The average Bonchev–Trinajstić information content (AvgIpc) is 3.13. The van der Waals surface area contributed by atoms with Crippen LogP contribution in [0.2, 0.25) is 0 Å². The van der Waals surface area contributed by atoms with Gasteiger partial charge in [-0.2, -0.15) is 4.39 Å². The molecule has 1 aromatic rings. The van der Waals surface area contributed by atoms with Crippen molar-refractivity contribution in [1.82, 2.24) is 0 Å². The van der Waals surface area contributed by atoms with E-state index in [0.717, 1.165) is 18.3 Å². The number of allylic oxidation sites excluding steroid dienone is 2. The van der Waals surface area contributed by atoms with Gasteiger partial charge in [0.05, 0.1) is 7.11 Å². The first-order chi connectivity index (χ1) is 11.2. The van der Waals surface area contributed by atoms with E-state index in [9.17, 15) is 8.78 Å². The molecule has 1 nitrogen and oxygen atoms in total. The third kappa shape index (κ3) is 3.15. The Morgan fingerprint density at radius 3 is 2.70 bits per heavy atom. The van der Waals surface area contributed by atoms with Crippen LogP contribution in [-0.4, -0.2) is 7.11 Å². The normalized spacial score (nSPS) is 26.3. The van der Waals surface area contributed by atoms with E-state index in [-0.39, 0.29) is 5.75 Å². The molecule has 126 valence electrons. The molecule has 0 aliphatic heterocycles. The van der Waals surface area contributed by atoms with Crippen LogP contribution in [0.3, 0.4) is 0 Å². The second-order valence-electron chi connectivity index (χ2n) is 6.97. The number of hydrogen-bond acceptors (Lipinski definition) is 1. The molecule has 3 unspecified atom stereocenters. The van der Waals surface area contributed by atoms with Gasteiger partial charge in [0.2, 0.25) is 5.82 Å². The molecule has 2 aliphatic rings. The minimum absolute atomic E-state index is 0.0172. The van der Waals surface area contributed by atoms with Crippen LogP contribution < -0.4 is 4.74 Å². The summed E-state index contributed by atoms with van der Waals surface area (Å²) in [6.07, 6.45) is 10.2. The van der Waals surface area contributed by atoms with E-state index in [4.69, 9.17) is 4.74 Å². The summed E-state index contributed by atoms with van der Waals surface area (Å²) >= 11 is 0. The highest BCUT2D eigenvalue weighted by Crippen LogP contribution is 2.50. The highest BCUT2D eigenvalue weighted by atomic mass is 19.2. The second kappa shape index (κ2) is 7.02. The Balaban J connectivity index is 1.61. The van der Waals surface area contributed by atoms with Gasteiger partial charge in [0, 0.05) is 0 Å². The minimum Gasteiger partial charge on any atom is -0.494 e. The second-order valence-corrected chi connectivity index (χ2v) is 6.97. The maximum atomic E-state index is 14.1. The highest BCUT2D eigenvalue weighted by Gasteiger charge is 2.39. The maximum Gasteiger partial charge on any atom is 0.200 e.